The van der Waals surface area contributed by atoms with Crippen LogP contribution in [0.2, 0.25) is 0 Å². The number of aromatic nitrogens is 1. The van der Waals surface area contributed by atoms with E-state index < -0.39 is 0 Å². The van der Waals surface area contributed by atoms with Crippen LogP contribution in [0.5, 0.6) is 0 Å². The van der Waals surface area contributed by atoms with Crippen LogP contribution in [0.15, 0.2) is 71.1 Å². The van der Waals surface area contributed by atoms with Crippen molar-refractivity contribution in [3.63, 3.8) is 0 Å². The first-order chi connectivity index (χ1) is 13.9. The van der Waals surface area contributed by atoms with Crippen LogP contribution in [0.1, 0.15) is 42.3 Å². The van der Waals surface area contributed by atoms with E-state index in [-0.39, 0.29) is 11.3 Å². The molecule has 0 saturated heterocycles. The number of benzene rings is 3. The van der Waals surface area contributed by atoms with Crippen molar-refractivity contribution < 1.29 is 9.21 Å². The maximum absolute atomic E-state index is 12.8. The van der Waals surface area contributed by atoms with Crippen LogP contribution in [0, 0.1) is 0 Å². The SMILES string of the molecule is CC(C)(C)c1ccc(-c2nc3cc(N4Cc5ccccc5C4=O)ccc3o2)cc1. The van der Waals surface area contributed by atoms with Crippen molar-refractivity contribution in [3.05, 3.63) is 83.4 Å². The Balaban J connectivity index is 1.48. The van der Waals surface area contributed by atoms with Gasteiger partial charge >= 0.3 is 0 Å². The second kappa shape index (κ2) is 6.31. The zero-order valence-corrected chi connectivity index (χ0v) is 16.8. The highest BCUT2D eigenvalue weighted by Crippen LogP contribution is 2.32. The quantitative estimate of drug-likeness (QED) is 0.430. The summed E-state index contributed by atoms with van der Waals surface area (Å²) < 4.78 is 5.97. The van der Waals surface area contributed by atoms with Crippen LogP contribution in [0.3, 0.4) is 0 Å². The Morgan fingerprint density at radius 3 is 2.45 bits per heavy atom. The number of hydrogen-bond acceptors (Lipinski definition) is 3. The van der Waals surface area contributed by atoms with Crippen molar-refractivity contribution in [2.24, 2.45) is 0 Å². The van der Waals surface area contributed by atoms with E-state index in [1.165, 1.54) is 5.56 Å². The third kappa shape index (κ3) is 3.01. The third-order valence-corrected chi connectivity index (χ3v) is 5.50. The molecule has 1 aromatic heterocycles. The number of nitrogens with zero attached hydrogens (tertiary/aromatic N) is 2. The number of hydrogen-bond donors (Lipinski definition) is 0. The minimum Gasteiger partial charge on any atom is -0.436 e. The lowest BCUT2D eigenvalue weighted by Gasteiger charge is -2.18. The van der Waals surface area contributed by atoms with Gasteiger partial charge in [-0.2, -0.15) is 0 Å². The van der Waals surface area contributed by atoms with Crippen molar-refractivity contribution in [2.75, 3.05) is 4.90 Å². The molecule has 1 aliphatic rings. The van der Waals surface area contributed by atoms with E-state index in [0.717, 1.165) is 27.9 Å². The molecule has 4 aromatic rings. The summed E-state index contributed by atoms with van der Waals surface area (Å²) in [6.45, 7) is 7.17. The lowest BCUT2D eigenvalue weighted by molar-refractivity contribution is 0.0996. The normalized spacial score (nSPS) is 13.9. The highest BCUT2D eigenvalue weighted by Gasteiger charge is 2.28. The molecule has 4 nitrogen and oxygen atoms in total. The maximum atomic E-state index is 12.8. The largest absolute Gasteiger partial charge is 0.436 e. The van der Waals surface area contributed by atoms with Gasteiger partial charge in [0, 0.05) is 16.8 Å². The average Bonchev–Trinajstić information content (AvgIpc) is 3.28. The third-order valence-electron chi connectivity index (χ3n) is 5.50. The van der Waals surface area contributed by atoms with Gasteiger partial charge in [0.25, 0.3) is 5.91 Å². The number of amides is 1. The topological polar surface area (TPSA) is 46.3 Å². The Morgan fingerprint density at radius 1 is 0.966 bits per heavy atom. The van der Waals surface area contributed by atoms with Crippen molar-refractivity contribution in [1.29, 1.82) is 0 Å². The van der Waals surface area contributed by atoms with Crippen LogP contribution in [0.25, 0.3) is 22.6 Å². The fourth-order valence-electron chi connectivity index (χ4n) is 3.78. The Labute approximate surface area is 169 Å². The molecule has 2 heterocycles. The zero-order chi connectivity index (χ0) is 20.2. The fourth-order valence-corrected chi connectivity index (χ4v) is 3.78. The Hall–Kier alpha value is -3.40. The van der Waals surface area contributed by atoms with Crippen LogP contribution in [-0.2, 0) is 12.0 Å². The van der Waals surface area contributed by atoms with Crippen molar-refractivity contribution in [3.8, 4) is 11.5 Å². The Kier molecular flexibility index (Phi) is 3.85. The van der Waals surface area contributed by atoms with Crippen LogP contribution in [0.4, 0.5) is 5.69 Å². The predicted molar refractivity (Wildman–Crippen MR) is 115 cm³/mol. The number of carbonyl (C=O) groups excluding carboxylic acids is 1. The summed E-state index contributed by atoms with van der Waals surface area (Å²) in [5.74, 6) is 0.620. The zero-order valence-electron chi connectivity index (χ0n) is 16.8. The summed E-state index contributed by atoms with van der Waals surface area (Å²) in [6, 6.07) is 21.8. The van der Waals surface area contributed by atoms with Gasteiger partial charge in [-0.15, -0.1) is 0 Å². The van der Waals surface area contributed by atoms with E-state index in [1.54, 1.807) is 4.90 Å². The summed E-state index contributed by atoms with van der Waals surface area (Å²) in [6.07, 6.45) is 0. The molecular weight excluding hydrogens is 360 g/mol. The summed E-state index contributed by atoms with van der Waals surface area (Å²) in [5.41, 5.74) is 6.45. The predicted octanol–water partition coefficient (Wildman–Crippen LogP) is 5.95. The molecule has 0 fully saturated rings. The maximum Gasteiger partial charge on any atom is 0.258 e. The molecule has 1 aliphatic heterocycles. The van der Waals surface area contributed by atoms with E-state index in [0.29, 0.717) is 18.0 Å². The number of rotatable bonds is 2. The highest BCUT2D eigenvalue weighted by molar-refractivity contribution is 6.10. The van der Waals surface area contributed by atoms with Gasteiger partial charge < -0.3 is 9.32 Å². The van der Waals surface area contributed by atoms with E-state index in [9.17, 15) is 4.79 Å². The summed E-state index contributed by atoms with van der Waals surface area (Å²) in [5, 5.41) is 0. The summed E-state index contributed by atoms with van der Waals surface area (Å²) in [4.78, 5) is 19.2. The highest BCUT2D eigenvalue weighted by atomic mass is 16.3. The second-order valence-corrected chi connectivity index (χ2v) is 8.55. The molecule has 29 heavy (non-hydrogen) atoms. The standard InChI is InChI=1S/C25H22N2O2/c1-25(2,3)18-10-8-16(9-11-18)23-26-21-14-19(12-13-22(21)29-23)27-15-17-6-4-5-7-20(17)24(27)28/h4-14H,15H2,1-3H3. The van der Waals surface area contributed by atoms with Crippen molar-refractivity contribution in [2.45, 2.75) is 32.7 Å². The van der Waals surface area contributed by atoms with Crippen LogP contribution >= 0.6 is 0 Å². The van der Waals surface area contributed by atoms with Gasteiger partial charge in [-0.25, -0.2) is 4.98 Å². The van der Waals surface area contributed by atoms with Gasteiger partial charge in [0.2, 0.25) is 5.89 Å². The van der Waals surface area contributed by atoms with Gasteiger partial charge in [0.05, 0.1) is 6.54 Å². The minimum absolute atomic E-state index is 0.0291. The van der Waals surface area contributed by atoms with Gasteiger partial charge in [-0.3, -0.25) is 4.79 Å². The number of oxazole rings is 1. The molecule has 0 aliphatic carbocycles. The van der Waals surface area contributed by atoms with Crippen molar-refractivity contribution >= 4 is 22.7 Å². The molecule has 0 spiro atoms. The number of fused-ring (bicyclic) bond motifs is 2. The monoisotopic (exact) mass is 382 g/mol. The molecule has 0 N–H and O–H groups in total. The summed E-state index contributed by atoms with van der Waals surface area (Å²) >= 11 is 0. The van der Waals surface area contributed by atoms with Crippen LogP contribution in [-0.4, -0.2) is 10.9 Å². The van der Waals surface area contributed by atoms with Crippen LogP contribution < -0.4 is 4.90 Å². The first-order valence-corrected chi connectivity index (χ1v) is 9.81. The average molecular weight is 382 g/mol. The second-order valence-electron chi connectivity index (χ2n) is 8.55. The van der Waals surface area contributed by atoms with Gasteiger partial charge in [0.1, 0.15) is 5.52 Å². The lowest BCUT2D eigenvalue weighted by atomic mass is 9.87. The van der Waals surface area contributed by atoms with Gasteiger partial charge in [0.15, 0.2) is 5.58 Å². The molecule has 0 saturated carbocycles. The first kappa shape index (κ1) is 17.7. The van der Waals surface area contributed by atoms with Gasteiger partial charge in [-0.05, 0) is 52.9 Å². The number of anilines is 1. The minimum atomic E-state index is 0.0291. The molecule has 0 bridgehead atoms. The van der Waals surface area contributed by atoms with Gasteiger partial charge in [-0.1, -0.05) is 51.1 Å². The molecule has 3 aromatic carbocycles. The van der Waals surface area contributed by atoms with E-state index >= 15 is 0 Å². The number of carbonyl (C=O) groups is 1. The summed E-state index contributed by atoms with van der Waals surface area (Å²) in [7, 11) is 0. The molecule has 4 heteroatoms. The van der Waals surface area contributed by atoms with Crippen molar-refractivity contribution in [1.82, 2.24) is 4.98 Å². The molecular formula is C25H22N2O2. The molecule has 5 rings (SSSR count). The molecule has 0 atom stereocenters. The Morgan fingerprint density at radius 2 is 1.72 bits per heavy atom. The lowest BCUT2D eigenvalue weighted by Crippen LogP contribution is -2.22. The van der Waals surface area contributed by atoms with E-state index in [4.69, 9.17) is 4.42 Å². The fraction of sp³-hybridized carbons (Fsp3) is 0.200. The Bertz CT molecular complexity index is 1230. The molecule has 144 valence electrons. The van der Waals surface area contributed by atoms with E-state index in [1.807, 2.05) is 54.6 Å². The smallest absolute Gasteiger partial charge is 0.258 e. The molecule has 1 amide bonds. The first-order valence-electron chi connectivity index (χ1n) is 9.81. The van der Waals surface area contributed by atoms with E-state index in [2.05, 4.69) is 37.9 Å². The molecule has 0 unspecified atom stereocenters. The molecule has 0 radical (unpaired) electrons.